The molecule has 1 aromatic carbocycles. The fraction of sp³-hybridized carbons (Fsp3) is 0.381. The number of carbonyl (C=O) groups is 2. The quantitative estimate of drug-likeness (QED) is 0.551. The van der Waals surface area contributed by atoms with E-state index in [1.165, 1.54) is 13.4 Å². The normalized spacial score (nSPS) is 15.9. The number of nitrogens with zero attached hydrogens (tertiary/aromatic N) is 1. The van der Waals surface area contributed by atoms with Crippen molar-refractivity contribution in [3.05, 3.63) is 53.9 Å². The molecule has 8 heteroatoms. The summed E-state index contributed by atoms with van der Waals surface area (Å²) in [6, 6.07) is 6.98. The third-order valence-electron chi connectivity index (χ3n) is 5.33. The van der Waals surface area contributed by atoms with E-state index < -0.39 is 17.9 Å². The van der Waals surface area contributed by atoms with E-state index in [2.05, 4.69) is 20.6 Å². The minimum absolute atomic E-state index is 0.173. The van der Waals surface area contributed by atoms with Gasteiger partial charge in [0.2, 0.25) is 0 Å². The number of amides is 1. The van der Waals surface area contributed by atoms with Gasteiger partial charge in [-0.25, -0.2) is 9.78 Å². The number of aromatic amines is 1. The number of oxazole rings is 1. The van der Waals surface area contributed by atoms with E-state index in [0.29, 0.717) is 12.3 Å². The van der Waals surface area contributed by atoms with Crippen LogP contribution in [0.15, 0.2) is 41.1 Å². The summed E-state index contributed by atoms with van der Waals surface area (Å²) in [7, 11) is 1.31. The van der Waals surface area contributed by atoms with Crippen molar-refractivity contribution in [2.45, 2.75) is 31.2 Å². The average Bonchev–Trinajstić information content (AvgIpc) is 3.41. The minimum atomic E-state index is -0.828. The second kappa shape index (κ2) is 8.48. The lowest BCUT2D eigenvalue weighted by atomic mass is 9.98. The Kier molecular flexibility index (Phi) is 5.62. The number of ether oxygens (including phenoxy) is 1. The summed E-state index contributed by atoms with van der Waals surface area (Å²) in [5, 5.41) is 7.04. The summed E-state index contributed by atoms with van der Waals surface area (Å²) in [6.07, 6.45) is 5.35. The summed E-state index contributed by atoms with van der Waals surface area (Å²) in [5.41, 5.74) is 2.07. The molecular formula is C21H24N4O4. The van der Waals surface area contributed by atoms with E-state index in [9.17, 15) is 9.59 Å². The monoisotopic (exact) mass is 396 g/mol. The minimum Gasteiger partial charge on any atom is -0.467 e. The van der Waals surface area contributed by atoms with Crippen LogP contribution < -0.4 is 10.6 Å². The Hall–Kier alpha value is -3.13. The Morgan fingerprint density at radius 3 is 2.90 bits per heavy atom. The molecule has 1 amide bonds. The van der Waals surface area contributed by atoms with Gasteiger partial charge < -0.3 is 24.8 Å². The summed E-state index contributed by atoms with van der Waals surface area (Å²) < 4.78 is 10.4. The van der Waals surface area contributed by atoms with Crippen LogP contribution >= 0.6 is 0 Å². The van der Waals surface area contributed by atoms with E-state index in [0.717, 1.165) is 42.4 Å². The lowest BCUT2D eigenvalue weighted by molar-refractivity contribution is -0.142. The van der Waals surface area contributed by atoms with Crippen molar-refractivity contribution in [2.24, 2.45) is 0 Å². The third-order valence-corrected chi connectivity index (χ3v) is 5.33. The predicted octanol–water partition coefficient (Wildman–Crippen LogP) is 2.14. The smallest absolute Gasteiger partial charge is 0.328 e. The average molecular weight is 396 g/mol. The summed E-state index contributed by atoms with van der Waals surface area (Å²) in [6.45, 7) is 1.81. The predicted molar refractivity (Wildman–Crippen MR) is 107 cm³/mol. The van der Waals surface area contributed by atoms with E-state index >= 15 is 0 Å². The molecule has 29 heavy (non-hydrogen) atoms. The standard InChI is InChI=1S/C21H24N4O4/c1-28-21(27)17(10-14-11-23-16-5-3-2-4-15(14)16)24-19(26)18-12-29-20(25-18)13-6-8-22-9-7-13/h2-5,11-13,17,22-23H,6-10H2,1H3,(H,24,26). The number of hydrogen-bond acceptors (Lipinski definition) is 6. The zero-order chi connectivity index (χ0) is 20.2. The Labute approximate surface area is 168 Å². The van der Waals surface area contributed by atoms with Gasteiger partial charge in [-0.15, -0.1) is 0 Å². The van der Waals surface area contributed by atoms with E-state index in [4.69, 9.17) is 9.15 Å². The number of aromatic nitrogens is 2. The van der Waals surface area contributed by atoms with Gasteiger partial charge in [0.1, 0.15) is 12.3 Å². The van der Waals surface area contributed by atoms with Gasteiger partial charge in [0.15, 0.2) is 11.6 Å². The highest BCUT2D eigenvalue weighted by atomic mass is 16.5. The molecule has 4 rings (SSSR count). The molecule has 1 unspecified atom stereocenters. The van der Waals surface area contributed by atoms with Gasteiger partial charge >= 0.3 is 5.97 Å². The highest BCUT2D eigenvalue weighted by Crippen LogP contribution is 2.24. The number of hydrogen-bond donors (Lipinski definition) is 3. The first-order valence-corrected chi connectivity index (χ1v) is 9.75. The molecule has 0 saturated carbocycles. The number of H-pyrrole nitrogens is 1. The van der Waals surface area contributed by atoms with Crippen LogP contribution in [0.3, 0.4) is 0 Å². The highest BCUT2D eigenvalue weighted by molar-refractivity contribution is 5.95. The van der Waals surface area contributed by atoms with Gasteiger partial charge in [0, 0.05) is 29.4 Å². The number of benzene rings is 1. The van der Waals surface area contributed by atoms with Crippen LogP contribution in [0.5, 0.6) is 0 Å². The molecule has 1 saturated heterocycles. The Morgan fingerprint density at radius 1 is 1.31 bits per heavy atom. The fourth-order valence-corrected chi connectivity index (χ4v) is 3.74. The second-order valence-corrected chi connectivity index (χ2v) is 7.21. The van der Waals surface area contributed by atoms with Crippen molar-refractivity contribution in [2.75, 3.05) is 20.2 Å². The molecule has 3 heterocycles. The number of piperidine rings is 1. The lowest BCUT2D eigenvalue weighted by Gasteiger charge is -2.19. The fourth-order valence-electron chi connectivity index (χ4n) is 3.74. The van der Waals surface area contributed by atoms with Crippen molar-refractivity contribution in [3.8, 4) is 0 Å². The summed E-state index contributed by atoms with van der Waals surface area (Å²) >= 11 is 0. The van der Waals surface area contributed by atoms with E-state index in [1.54, 1.807) is 0 Å². The Balaban J connectivity index is 1.48. The zero-order valence-corrected chi connectivity index (χ0v) is 16.2. The van der Waals surface area contributed by atoms with Crippen molar-refractivity contribution >= 4 is 22.8 Å². The first-order valence-electron chi connectivity index (χ1n) is 9.75. The first kappa shape index (κ1) is 19.2. The Morgan fingerprint density at radius 2 is 2.10 bits per heavy atom. The molecule has 1 fully saturated rings. The lowest BCUT2D eigenvalue weighted by Crippen LogP contribution is -2.43. The first-order chi connectivity index (χ1) is 14.2. The molecule has 1 aliphatic rings. The number of rotatable bonds is 6. The van der Waals surface area contributed by atoms with Crippen LogP contribution in [0.1, 0.15) is 40.7 Å². The Bertz CT molecular complexity index is 1000. The zero-order valence-electron chi connectivity index (χ0n) is 16.2. The number of methoxy groups -OCH3 is 1. The summed E-state index contributed by atoms with van der Waals surface area (Å²) in [5.74, 6) is -0.182. The molecule has 0 spiro atoms. The van der Waals surface area contributed by atoms with Gasteiger partial charge in [-0.3, -0.25) is 4.79 Å². The number of esters is 1. The van der Waals surface area contributed by atoms with Gasteiger partial charge in [-0.2, -0.15) is 0 Å². The molecule has 0 radical (unpaired) electrons. The van der Waals surface area contributed by atoms with Crippen molar-refractivity contribution < 1.29 is 18.7 Å². The molecule has 1 atom stereocenters. The van der Waals surface area contributed by atoms with Crippen molar-refractivity contribution in [1.29, 1.82) is 0 Å². The molecule has 1 aliphatic heterocycles. The molecule has 0 aliphatic carbocycles. The largest absolute Gasteiger partial charge is 0.467 e. The van der Waals surface area contributed by atoms with Gasteiger partial charge in [-0.05, 0) is 37.6 Å². The third kappa shape index (κ3) is 4.17. The highest BCUT2D eigenvalue weighted by Gasteiger charge is 2.27. The number of para-hydroxylation sites is 1. The number of nitrogens with one attached hydrogen (secondary N) is 3. The van der Waals surface area contributed by atoms with Crippen LogP contribution in [-0.2, 0) is 16.0 Å². The SMILES string of the molecule is COC(=O)C(Cc1c[nH]c2ccccc12)NC(=O)c1coc(C2CCNCC2)n1. The van der Waals surface area contributed by atoms with Gasteiger partial charge in [-0.1, -0.05) is 18.2 Å². The maximum atomic E-state index is 12.7. The van der Waals surface area contributed by atoms with Crippen LogP contribution in [-0.4, -0.2) is 48.1 Å². The molecule has 0 bridgehead atoms. The number of fused-ring (bicyclic) bond motifs is 1. The van der Waals surface area contributed by atoms with E-state index in [-0.39, 0.29) is 11.6 Å². The molecule has 8 nitrogen and oxygen atoms in total. The molecule has 3 aromatic rings. The number of carbonyl (C=O) groups excluding carboxylic acids is 2. The van der Waals surface area contributed by atoms with Gasteiger partial charge in [0.25, 0.3) is 5.91 Å². The van der Waals surface area contributed by atoms with Crippen molar-refractivity contribution in [3.63, 3.8) is 0 Å². The van der Waals surface area contributed by atoms with Crippen molar-refractivity contribution in [1.82, 2.24) is 20.6 Å². The molecule has 152 valence electrons. The maximum absolute atomic E-state index is 12.7. The van der Waals surface area contributed by atoms with E-state index in [1.807, 2.05) is 30.5 Å². The van der Waals surface area contributed by atoms with Crippen LogP contribution in [0.4, 0.5) is 0 Å². The maximum Gasteiger partial charge on any atom is 0.328 e. The van der Waals surface area contributed by atoms with Crippen LogP contribution in [0, 0.1) is 0 Å². The molecule has 3 N–H and O–H groups in total. The van der Waals surface area contributed by atoms with Gasteiger partial charge in [0.05, 0.1) is 7.11 Å². The molecule has 2 aromatic heterocycles. The van der Waals surface area contributed by atoms with Crippen LogP contribution in [0.2, 0.25) is 0 Å². The topological polar surface area (TPSA) is 109 Å². The summed E-state index contributed by atoms with van der Waals surface area (Å²) in [4.78, 5) is 32.5. The molecular weight excluding hydrogens is 372 g/mol. The second-order valence-electron chi connectivity index (χ2n) is 7.21. The van der Waals surface area contributed by atoms with Crippen LogP contribution in [0.25, 0.3) is 10.9 Å².